The maximum absolute atomic E-state index is 11.1. The number of ether oxygens (including phenoxy) is 1. The number of esters is 1. The zero-order chi connectivity index (χ0) is 11.4. The van der Waals surface area contributed by atoms with E-state index in [1.165, 1.54) is 7.11 Å². The van der Waals surface area contributed by atoms with Crippen molar-refractivity contribution in [1.29, 1.82) is 0 Å². The quantitative estimate of drug-likeness (QED) is 0.586. The van der Waals surface area contributed by atoms with Gasteiger partial charge >= 0.3 is 5.97 Å². The Bertz CT molecular complexity index is 399. The van der Waals surface area contributed by atoms with E-state index in [0.29, 0.717) is 22.4 Å². The number of carbonyl (C=O) groups excluding carboxylic acids is 2. The van der Waals surface area contributed by atoms with Gasteiger partial charge in [-0.25, -0.2) is 0 Å². The average molecular weight is 227 g/mol. The lowest BCUT2D eigenvalue weighted by molar-refractivity contribution is -0.139. The van der Waals surface area contributed by atoms with Crippen molar-refractivity contribution in [3.8, 4) is 0 Å². The molecular weight excluding hydrogens is 216 g/mol. The Morgan fingerprint density at radius 2 is 2.20 bits per heavy atom. The number of carbonyl (C=O) groups is 2. The van der Waals surface area contributed by atoms with Gasteiger partial charge < -0.3 is 4.74 Å². The van der Waals surface area contributed by atoms with Gasteiger partial charge in [0.1, 0.15) is 6.29 Å². The van der Waals surface area contributed by atoms with Crippen LogP contribution in [-0.4, -0.2) is 19.4 Å². The molecule has 15 heavy (non-hydrogen) atoms. The van der Waals surface area contributed by atoms with E-state index in [9.17, 15) is 9.59 Å². The van der Waals surface area contributed by atoms with E-state index in [1.807, 2.05) is 0 Å². The summed E-state index contributed by atoms with van der Waals surface area (Å²) in [7, 11) is 1.31. The van der Waals surface area contributed by atoms with E-state index in [2.05, 4.69) is 4.74 Å². The molecule has 0 aliphatic carbocycles. The predicted molar refractivity (Wildman–Crippen MR) is 57.3 cm³/mol. The summed E-state index contributed by atoms with van der Waals surface area (Å²) in [5.74, 6) is -0.372. The third-order valence-electron chi connectivity index (χ3n) is 2.15. The molecule has 1 aromatic carbocycles. The fraction of sp³-hybridized carbons (Fsp3) is 0.273. The van der Waals surface area contributed by atoms with Crippen molar-refractivity contribution in [2.75, 3.05) is 7.11 Å². The van der Waals surface area contributed by atoms with Crippen molar-refractivity contribution in [1.82, 2.24) is 0 Å². The van der Waals surface area contributed by atoms with Gasteiger partial charge in [-0.1, -0.05) is 11.6 Å². The van der Waals surface area contributed by atoms with Crippen molar-refractivity contribution >= 4 is 23.9 Å². The van der Waals surface area contributed by atoms with Crippen molar-refractivity contribution in [3.63, 3.8) is 0 Å². The molecule has 0 N–H and O–H groups in total. The lowest BCUT2D eigenvalue weighted by atomic mass is 10.00. The molecule has 0 aliphatic rings. The molecule has 80 valence electrons. The first kappa shape index (κ1) is 11.7. The number of benzene rings is 1. The van der Waals surface area contributed by atoms with Crippen molar-refractivity contribution in [3.05, 3.63) is 33.8 Å². The van der Waals surface area contributed by atoms with Crippen LogP contribution >= 0.6 is 11.6 Å². The number of hydrogen-bond donors (Lipinski definition) is 0. The van der Waals surface area contributed by atoms with E-state index in [1.54, 1.807) is 19.1 Å². The number of aryl methyl sites for hydroxylation is 1. The van der Waals surface area contributed by atoms with Gasteiger partial charge in [0.15, 0.2) is 0 Å². The van der Waals surface area contributed by atoms with E-state index < -0.39 is 0 Å². The Morgan fingerprint density at radius 1 is 1.53 bits per heavy atom. The summed E-state index contributed by atoms with van der Waals surface area (Å²) in [4.78, 5) is 21.9. The number of methoxy groups -OCH3 is 1. The topological polar surface area (TPSA) is 43.4 Å². The van der Waals surface area contributed by atoms with Crippen LogP contribution in [0.4, 0.5) is 0 Å². The van der Waals surface area contributed by atoms with Crippen LogP contribution in [0, 0.1) is 6.92 Å². The normalized spacial score (nSPS) is 9.80. The summed E-state index contributed by atoms with van der Waals surface area (Å²) >= 11 is 5.80. The van der Waals surface area contributed by atoms with Crippen LogP contribution in [0.2, 0.25) is 5.02 Å². The number of aldehydes is 1. The average Bonchev–Trinajstić information content (AvgIpc) is 2.21. The minimum atomic E-state index is -0.372. The lowest BCUT2D eigenvalue weighted by Gasteiger charge is -2.08. The lowest BCUT2D eigenvalue weighted by Crippen LogP contribution is -2.08. The predicted octanol–water partition coefficient (Wildman–Crippen LogP) is 2.18. The molecule has 4 heteroatoms. The van der Waals surface area contributed by atoms with Crippen molar-refractivity contribution in [2.45, 2.75) is 13.3 Å². The second-order valence-corrected chi connectivity index (χ2v) is 3.60. The third-order valence-corrected chi connectivity index (χ3v) is 2.37. The number of hydrogen-bond acceptors (Lipinski definition) is 3. The van der Waals surface area contributed by atoms with E-state index in [0.717, 1.165) is 5.56 Å². The molecule has 0 spiro atoms. The van der Waals surface area contributed by atoms with Gasteiger partial charge in [-0.3, -0.25) is 9.59 Å². The Kier molecular flexibility index (Phi) is 3.86. The first-order valence-electron chi connectivity index (χ1n) is 4.39. The molecule has 0 saturated heterocycles. The van der Waals surface area contributed by atoms with E-state index in [4.69, 9.17) is 11.6 Å². The SMILES string of the molecule is COC(=O)Cc1c(C)cc(Cl)cc1C=O. The molecule has 0 aromatic heterocycles. The zero-order valence-electron chi connectivity index (χ0n) is 8.54. The Labute approximate surface area is 93.0 Å². The molecule has 0 fully saturated rings. The molecule has 1 rings (SSSR count). The van der Waals surface area contributed by atoms with Crippen LogP contribution < -0.4 is 0 Å². The van der Waals surface area contributed by atoms with Crippen molar-refractivity contribution < 1.29 is 14.3 Å². The second-order valence-electron chi connectivity index (χ2n) is 3.16. The minimum Gasteiger partial charge on any atom is -0.469 e. The molecule has 0 heterocycles. The van der Waals surface area contributed by atoms with Gasteiger partial charge in [0.2, 0.25) is 0 Å². The largest absolute Gasteiger partial charge is 0.469 e. The fourth-order valence-corrected chi connectivity index (χ4v) is 1.64. The summed E-state index contributed by atoms with van der Waals surface area (Å²) in [5, 5.41) is 0.489. The summed E-state index contributed by atoms with van der Waals surface area (Å²) in [6.07, 6.45) is 0.782. The second kappa shape index (κ2) is 4.94. The van der Waals surface area contributed by atoms with E-state index in [-0.39, 0.29) is 12.4 Å². The molecule has 0 unspecified atom stereocenters. The smallest absolute Gasteiger partial charge is 0.310 e. The molecule has 3 nitrogen and oxygen atoms in total. The van der Waals surface area contributed by atoms with Gasteiger partial charge in [0.25, 0.3) is 0 Å². The summed E-state index contributed by atoms with van der Waals surface area (Å²) in [6, 6.07) is 3.26. The van der Waals surface area contributed by atoms with Gasteiger partial charge in [0, 0.05) is 10.6 Å². The molecule has 0 saturated carbocycles. The highest BCUT2D eigenvalue weighted by molar-refractivity contribution is 6.31. The molecule has 0 atom stereocenters. The molecule has 0 amide bonds. The zero-order valence-corrected chi connectivity index (χ0v) is 9.30. The fourth-order valence-electron chi connectivity index (χ4n) is 1.36. The maximum Gasteiger partial charge on any atom is 0.310 e. The molecule has 0 radical (unpaired) electrons. The highest BCUT2D eigenvalue weighted by atomic mass is 35.5. The summed E-state index contributed by atoms with van der Waals surface area (Å²) in [5.41, 5.74) is 1.92. The highest BCUT2D eigenvalue weighted by Gasteiger charge is 2.11. The summed E-state index contributed by atoms with van der Waals surface area (Å²) in [6.45, 7) is 1.80. The summed E-state index contributed by atoms with van der Waals surface area (Å²) < 4.78 is 4.55. The van der Waals surface area contributed by atoms with Crippen LogP contribution in [0.1, 0.15) is 21.5 Å². The van der Waals surface area contributed by atoms with Crippen molar-refractivity contribution in [2.24, 2.45) is 0 Å². The Hall–Kier alpha value is -1.35. The van der Waals surface area contributed by atoms with Gasteiger partial charge in [0.05, 0.1) is 13.5 Å². The Balaban J connectivity index is 3.15. The number of halogens is 1. The molecule has 0 bridgehead atoms. The number of rotatable bonds is 3. The van der Waals surface area contributed by atoms with Gasteiger partial charge in [-0.2, -0.15) is 0 Å². The standard InChI is InChI=1S/C11H11ClO3/c1-7-3-9(12)4-8(6-13)10(7)5-11(14)15-2/h3-4,6H,5H2,1-2H3. The monoisotopic (exact) mass is 226 g/mol. The first-order valence-corrected chi connectivity index (χ1v) is 4.77. The van der Waals surface area contributed by atoms with Crippen LogP contribution in [0.25, 0.3) is 0 Å². The van der Waals surface area contributed by atoms with Gasteiger partial charge in [-0.15, -0.1) is 0 Å². The van der Waals surface area contributed by atoms with Crippen LogP contribution in [0.15, 0.2) is 12.1 Å². The molecule has 0 aliphatic heterocycles. The highest BCUT2D eigenvalue weighted by Crippen LogP contribution is 2.20. The Morgan fingerprint density at radius 3 is 2.73 bits per heavy atom. The minimum absolute atomic E-state index is 0.0908. The van der Waals surface area contributed by atoms with Crippen LogP contribution in [0.3, 0.4) is 0 Å². The first-order chi connectivity index (χ1) is 7.08. The third kappa shape index (κ3) is 2.80. The maximum atomic E-state index is 11.1. The van der Waals surface area contributed by atoms with Crippen LogP contribution in [0.5, 0.6) is 0 Å². The molecule has 1 aromatic rings. The van der Waals surface area contributed by atoms with Crippen LogP contribution in [-0.2, 0) is 16.0 Å². The van der Waals surface area contributed by atoms with Gasteiger partial charge in [-0.05, 0) is 30.2 Å². The van der Waals surface area contributed by atoms with E-state index >= 15 is 0 Å². The molecular formula is C11H11ClO3.